The topological polar surface area (TPSA) is 484 Å². The molecule has 0 spiro atoms. The summed E-state index contributed by atoms with van der Waals surface area (Å²) in [5.41, 5.74) is 17.2. The third-order valence-electron chi connectivity index (χ3n) is 10.1. The van der Waals surface area contributed by atoms with Crippen molar-refractivity contribution in [2.45, 2.75) is 114 Å². The third kappa shape index (κ3) is 22.9. The van der Waals surface area contributed by atoms with E-state index in [0.29, 0.717) is 17.7 Å². The molecule has 72 heavy (non-hydrogen) atoms. The predicted octanol–water partition coefficient (Wildman–Crippen LogP) is -5.82. The minimum absolute atomic E-state index is 0.0338. The zero-order valence-corrected chi connectivity index (χ0v) is 39.7. The molecule has 0 aliphatic rings. The van der Waals surface area contributed by atoms with Gasteiger partial charge in [0.05, 0.1) is 44.4 Å². The molecule has 8 atom stereocenters. The van der Waals surface area contributed by atoms with Crippen LogP contribution in [0.25, 0.3) is 0 Å². The lowest BCUT2D eigenvalue weighted by Crippen LogP contribution is -2.59. The summed E-state index contributed by atoms with van der Waals surface area (Å²) in [6.45, 7) is 3.26. The molecule has 0 aliphatic heterocycles. The van der Waals surface area contributed by atoms with Crippen molar-refractivity contribution in [2.24, 2.45) is 28.1 Å². The lowest BCUT2D eigenvalue weighted by Gasteiger charge is -2.26. The fourth-order valence-corrected chi connectivity index (χ4v) is 6.52. The second-order valence-corrected chi connectivity index (χ2v) is 16.8. The van der Waals surface area contributed by atoms with Crippen molar-refractivity contribution in [3.05, 3.63) is 54.1 Å². The van der Waals surface area contributed by atoms with Gasteiger partial charge < -0.3 is 85.1 Å². The van der Waals surface area contributed by atoms with Crippen LogP contribution < -0.4 is 59.7 Å². The monoisotopic (exact) mass is 1020 g/mol. The summed E-state index contributed by atoms with van der Waals surface area (Å²) in [6, 6.07) is -3.03. The van der Waals surface area contributed by atoms with E-state index >= 15 is 0 Å². The Morgan fingerprint density at radius 3 is 1.75 bits per heavy atom. The normalized spacial score (nSPS) is 14.2. The summed E-state index contributed by atoms with van der Waals surface area (Å²) in [7, 11) is 0. The Morgan fingerprint density at radius 2 is 1.21 bits per heavy atom. The number of carbonyl (C=O) groups excluding carboxylic acids is 8. The van der Waals surface area contributed by atoms with Crippen LogP contribution in [0.2, 0.25) is 0 Å². The molecule has 0 unspecified atom stereocenters. The van der Waals surface area contributed by atoms with Gasteiger partial charge in [0.15, 0.2) is 5.96 Å². The number of aliphatic hydroxyl groups excluding tert-OH is 1. The molecule has 29 heteroatoms. The highest BCUT2D eigenvalue weighted by Gasteiger charge is 2.35. The first-order valence-electron chi connectivity index (χ1n) is 22.4. The molecule has 29 nitrogen and oxygen atoms in total. The number of rotatable bonds is 32. The number of aromatic nitrogens is 2. The highest BCUT2D eigenvalue weighted by Crippen LogP contribution is 2.09. The molecule has 1 heterocycles. The number of imidazole rings is 1. The Balaban J connectivity index is 2.13. The van der Waals surface area contributed by atoms with Crippen molar-refractivity contribution in [2.75, 3.05) is 19.6 Å². The number of amides is 8. The average molecular weight is 1020 g/mol. The Morgan fingerprint density at radius 1 is 0.653 bits per heavy atom. The van der Waals surface area contributed by atoms with E-state index in [2.05, 4.69) is 57.5 Å². The van der Waals surface area contributed by atoms with Crippen LogP contribution in [-0.4, -0.2) is 170 Å². The Labute approximate surface area is 412 Å². The van der Waals surface area contributed by atoms with Crippen molar-refractivity contribution in [1.82, 2.24) is 52.5 Å². The van der Waals surface area contributed by atoms with E-state index in [4.69, 9.17) is 17.2 Å². The zero-order valence-electron chi connectivity index (χ0n) is 39.7. The van der Waals surface area contributed by atoms with E-state index in [0.717, 1.165) is 0 Å². The molecule has 19 N–H and O–H groups in total. The summed E-state index contributed by atoms with van der Waals surface area (Å²) < 4.78 is 0. The maximum Gasteiger partial charge on any atom is 0.326 e. The first-order valence-corrected chi connectivity index (χ1v) is 22.4. The molecule has 0 radical (unpaired) electrons. The van der Waals surface area contributed by atoms with Crippen LogP contribution in [0.1, 0.15) is 64.1 Å². The highest BCUT2D eigenvalue weighted by atomic mass is 16.4. The number of hydrogen-bond donors (Lipinski definition) is 16. The molecule has 396 valence electrons. The molecule has 0 saturated heterocycles. The van der Waals surface area contributed by atoms with E-state index in [-0.39, 0.29) is 44.1 Å². The molecule has 2 aromatic rings. The number of guanidine groups is 1. The maximum absolute atomic E-state index is 13.8. The number of carboxylic acids is 3. The van der Waals surface area contributed by atoms with Gasteiger partial charge in [0.25, 0.3) is 0 Å². The maximum atomic E-state index is 13.8. The second kappa shape index (κ2) is 30.4. The zero-order chi connectivity index (χ0) is 54.1. The molecule has 0 fully saturated rings. The third-order valence-corrected chi connectivity index (χ3v) is 10.1. The van der Waals surface area contributed by atoms with Crippen LogP contribution in [0.15, 0.2) is 47.8 Å². The number of aliphatic hydroxyl groups is 1. The SMILES string of the molecule is CC(C)C[C@H](NC(=O)[C@@H](NC(=O)[C@@H](N)CCCN=C(N)N)[C@@H](C)O)C(=O)NCC(=O)NCC(=O)N[C@@H](CC(=O)O)C(=O)N[C@@H](Cc1ccccc1)C(=O)N[C@@H](CC(=O)O)C(=O)N[C@@H](Cc1cnc[nH]1)C(=O)O. The van der Waals surface area contributed by atoms with Gasteiger partial charge in [-0.3, -0.25) is 52.9 Å². The van der Waals surface area contributed by atoms with Crippen LogP contribution >= 0.6 is 0 Å². The fraction of sp³-hybridized carbons (Fsp3) is 0.512. The Bertz CT molecular complexity index is 2220. The van der Waals surface area contributed by atoms with E-state index in [1.165, 1.54) is 19.4 Å². The number of carboxylic acid groups (broad SMARTS) is 3. The molecular formula is C43H64N14O15. The van der Waals surface area contributed by atoms with Gasteiger partial charge >= 0.3 is 17.9 Å². The predicted molar refractivity (Wildman–Crippen MR) is 251 cm³/mol. The minimum Gasteiger partial charge on any atom is -0.481 e. The van der Waals surface area contributed by atoms with E-state index in [1.807, 2.05) is 0 Å². The van der Waals surface area contributed by atoms with Crippen molar-refractivity contribution in [1.29, 1.82) is 0 Å². The number of hydrogen-bond acceptors (Lipinski definition) is 15. The lowest BCUT2D eigenvalue weighted by molar-refractivity contribution is -0.143. The number of nitrogens with two attached hydrogens (primary N) is 3. The van der Waals surface area contributed by atoms with E-state index in [9.17, 15) is 73.2 Å². The first-order chi connectivity index (χ1) is 33.9. The standard InChI is InChI=1S/C43H64N14O15/c1-21(2)12-26(55-41(70)35(22(3)58)57-36(65)25(44)10-7-11-48-43(45)46)37(66)50-18-31(59)49-19-32(60)52-28(15-33(61)62)39(68)53-27(13-23-8-5-4-6-9-23)38(67)54-29(16-34(63)64)40(69)56-30(42(71)72)14-24-17-47-20-51-24/h4-6,8-9,17,20-22,25-30,35,58H,7,10-16,18-19,44H2,1-3H3,(H,47,51)(H,49,59)(H,50,66)(H,52,60)(H,53,68)(H,54,67)(H,55,70)(H,56,69)(H,57,65)(H,61,62)(H,63,64)(H,71,72)(H4,45,46,48)/t22-,25+,26+,27+,28+,29+,30+,35+/m1/s1. The van der Waals surface area contributed by atoms with Gasteiger partial charge in [0, 0.05) is 31.3 Å². The van der Waals surface area contributed by atoms with E-state index < -0.39 is 139 Å². The molecule has 0 bridgehead atoms. The van der Waals surface area contributed by atoms with Crippen LogP contribution in [0.5, 0.6) is 0 Å². The fourth-order valence-electron chi connectivity index (χ4n) is 6.52. The van der Waals surface area contributed by atoms with Crippen LogP contribution in [0, 0.1) is 5.92 Å². The van der Waals surface area contributed by atoms with Gasteiger partial charge in [-0.15, -0.1) is 0 Å². The van der Waals surface area contributed by atoms with Crippen molar-refractivity contribution in [3.63, 3.8) is 0 Å². The smallest absolute Gasteiger partial charge is 0.326 e. The van der Waals surface area contributed by atoms with Gasteiger partial charge in [-0.25, -0.2) is 9.78 Å². The van der Waals surface area contributed by atoms with Gasteiger partial charge in [-0.1, -0.05) is 44.2 Å². The van der Waals surface area contributed by atoms with Gasteiger partial charge in [-0.2, -0.15) is 0 Å². The van der Waals surface area contributed by atoms with Crippen molar-refractivity contribution >= 4 is 71.1 Å². The van der Waals surface area contributed by atoms with Gasteiger partial charge in [0.2, 0.25) is 47.3 Å². The largest absolute Gasteiger partial charge is 0.481 e. The molecule has 8 amide bonds. The van der Waals surface area contributed by atoms with Crippen molar-refractivity contribution in [3.8, 4) is 0 Å². The van der Waals surface area contributed by atoms with Gasteiger partial charge in [-0.05, 0) is 37.7 Å². The first kappa shape index (κ1) is 59.9. The number of nitrogens with zero attached hydrogens (tertiary/aromatic N) is 2. The molecule has 2 rings (SSSR count). The summed E-state index contributed by atoms with van der Waals surface area (Å²) in [5, 5.41) is 57.3. The highest BCUT2D eigenvalue weighted by molar-refractivity contribution is 5.98. The number of aromatic amines is 1. The number of aliphatic imine (C=N–C) groups is 1. The Hall–Kier alpha value is -8.21. The summed E-state index contributed by atoms with van der Waals surface area (Å²) in [5.74, 6) is -13.2. The number of carbonyl (C=O) groups is 11. The molecular weight excluding hydrogens is 953 g/mol. The lowest BCUT2D eigenvalue weighted by atomic mass is 10.0. The number of H-pyrrole nitrogens is 1. The summed E-state index contributed by atoms with van der Waals surface area (Å²) in [4.78, 5) is 151. The number of nitrogens with one attached hydrogen (secondary N) is 9. The number of aliphatic carboxylic acids is 3. The summed E-state index contributed by atoms with van der Waals surface area (Å²) in [6.07, 6.45) is -1.07. The van der Waals surface area contributed by atoms with Crippen LogP contribution in [0.3, 0.4) is 0 Å². The molecule has 1 aromatic heterocycles. The van der Waals surface area contributed by atoms with Gasteiger partial charge in [0.1, 0.15) is 36.3 Å². The quantitative estimate of drug-likeness (QED) is 0.0184. The van der Waals surface area contributed by atoms with E-state index in [1.54, 1.807) is 44.2 Å². The number of benzene rings is 1. The molecule has 1 aromatic carbocycles. The minimum atomic E-state index is -1.89. The Kier molecular flexibility index (Phi) is 25.3. The summed E-state index contributed by atoms with van der Waals surface area (Å²) >= 11 is 0. The van der Waals surface area contributed by atoms with Crippen LogP contribution in [-0.2, 0) is 65.6 Å². The van der Waals surface area contributed by atoms with Crippen LogP contribution in [0.4, 0.5) is 0 Å². The van der Waals surface area contributed by atoms with Crippen molar-refractivity contribution < 1.29 is 73.2 Å². The average Bonchev–Trinajstić information content (AvgIpc) is 3.82. The molecule has 0 saturated carbocycles. The second-order valence-electron chi connectivity index (χ2n) is 16.8. The molecule has 0 aliphatic carbocycles.